The Morgan fingerprint density at radius 2 is 2.19 bits per heavy atom. The molecular weight excluding hydrogens is 272 g/mol. The first-order valence-corrected chi connectivity index (χ1v) is 6.88. The lowest BCUT2D eigenvalue weighted by Crippen LogP contribution is -2.44. The summed E-state index contributed by atoms with van der Waals surface area (Å²) in [6.45, 7) is 0.210. The summed E-state index contributed by atoms with van der Waals surface area (Å²) < 4.78 is 5.14. The molecule has 0 aromatic heterocycles. The summed E-state index contributed by atoms with van der Waals surface area (Å²) in [5, 5.41) is 16.0. The molecule has 7 heteroatoms. The minimum absolute atomic E-state index is 0.146. The Balaban J connectivity index is 1.78. The summed E-state index contributed by atoms with van der Waals surface area (Å²) in [5.74, 6) is 0. The maximum Gasteiger partial charge on any atom is 0.407 e. The van der Waals surface area contributed by atoms with E-state index in [0.717, 1.165) is 5.56 Å². The smallest absolute Gasteiger partial charge is 0.407 e. The van der Waals surface area contributed by atoms with Crippen molar-refractivity contribution in [3.63, 3.8) is 0 Å². The molecule has 3 atom stereocenters. The summed E-state index contributed by atoms with van der Waals surface area (Å²) in [6.07, 6.45) is 0.414. The summed E-state index contributed by atoms with van der Waals surface area (Å²) >= 11 is 0. The predicted octanol–water partition coefficient (Wildman–Crippen LogP) is 2.51. The van der Waals surface area contributed by atoms with Crippen LogP contribution in [-0.2, 0) is 11.3 Å². The summed E-state index contributed by atoms with van der Waals surface area (Å²) in [6, 6.07) is 8.76. The van der Waals surface area contributed by atoms with Crippen molar-refractivity contribution in [1.82, 2.24) is 5.32 Å². The maximum atomic E-state index is 11.7. The molecule has 1 aliphatic carbocycles. The van der Waals surface area contributed by atoms with Gasteiger partial charge in [0, 0.05) is 11.0 Å². The minimum Gasteiger partial charge on any atom is -0.445 e. The van der Waals surface area contributed by atoms with E-state index in [1.807, 2.05) is 30.3 Å². The zero-order chi connectivity index (χ0) is 15.1. The molecule has 112 valence electrons. The Bertz CT molecular complexity index is 516. The number of ether oxygens (including phenoxy) is 1. The molecule has 1 aromatic carbocycles. The van der Waals surface area contributed by atoms with Crippen molar-refractivity contribution in [2.24, 2.45) is 5.11 Å². The fourth-order valence-electron chi connectivity index (χ4n) is 2.38. The van der Waals surface area contributed by atoms with Crippen LogP contribution in [0, 0.1) is 0 Å². The third kappa shape index (κ3) is 4.66. The number of benzene rings is 1. The Hall–Kier alpha value is -2.24. The molecule has 1 saturated carbocycles. The van der Waals surface area contributed by atoms with Crippen LogP contribution in [-0.4, -0.2) is 29.4 Å². The van der Waals surface area contributed by atoms with Crippen LogP contribution in [0.15, 0.2) is 35.4 Å². The molecule has 2 rings (SSSR count). The first-order valence-electron chi connectivity index (χ1n) is 6.88. The highest BCUT2D eigenvalue weighted by Gasteiger charge is 2.29. The maximum absolute atomic E-state index is 11.7. The quantitative estimate of drug-likeness (QED) is 0.505. The normalized spacial score (nSPS) is 24.7. The topological polar surface area (TPSA) is 107 Å². The van der Waals surface area contributed by atoms with Gasteiger partial charge < -0.3 is 15.2 Å². The molecule has 0 saturated heterocycles. The predicted molar refractivity (Wildman–Crippen MR) is 76.3 cm³/mol. The molecule has 0 heterocycles. The van der Waals surface area contributed by atoms with E-state index in [4.69, 9.17) is 10.3 Å². The molecule has 7 nitrogen and oxygen atoms in total. The molecule has 21 heavy (non-hydrogen) atoms. The third-order valence-electron chi connectivity index (χ3n) is 3.52. The average Bonchev–Trinajstić information content (AvgIpc) is 2.50. The van der Waals surface area contributed by atoms with Gasteiger partial charge in [-0.3, -0.25) is 0 Å². The monoisotopic (exact) mass is 290 g/mol. The van der Waals surface area contributed by atoms with Crippen molar-refractivity contribution in [3.05, 3.63) is 46.3 Å². The van der Waals surface area contributed by atoms with Gasteiger partial charge in [0.05, 0.1) is 12.1 Å². The number of aliphatic hydroxyl groups excluding tert-OH is 1. The van der Waals surface area contributed by atoms with E-state index in [0.29, 0.717) is 19.3 Å². The van der Waals surface area contributed by atoms with E-state index in [-0.39, 0.29) is 12.6 Å². The zero-order valence-corrected chi connectivity index (χ0v) is 11.6. The second kappa shape index (κ2) is 7.52. The SMILES string of the molecule is [N-]=[N+]=NC1CC(NC(=O)OCc2ccccc2)CCC1O. The Morgan fingerprint density at radius 1 is 1.43 bits per heavy atom. The third-order valence-corrected chi connectivity index (χ3v) is 3.52. The summed E-state index contributed by atoms with van der Waals surface area (Å²) in [4.78, 5) is 14.5. The number of nitrogens with one attached hydrogen (secondary N) is 1. The van der Waals surface area contributed by atoms with Crippen LogP contribution in [0.5, 0.6) is 0 Å². The molecule has 1 fully saturated rings. The molecule has 0 radical (unpaired) electrons. The molecular formula is C14H18N4O3. The minimum atomic E-state index is -0.640. The number of hydrogen-bond donors (Lipinski definition) is 2. The van der Waals surface area contributed by atoms with Crippen molar-refractivity contribution in [3.8, 4) is 0 Å². The number of rotatable bonds is 4. The van der Waals surface area contributed by atoms with Gasteiger partial charge in [0.2, 0.25) is 0 Å². The zero-order valence-electron chi connectivity index (χ0n) is 11.6. The summed E-state index contributed by atoms with van der Waals surface area (Å²) in [7, 11) is 0. The highest BCUT2D eigenvalue weighted by atomic mass is 16.5. The second-order valence-electron chi connectivity index (χ2n) is 5.06. The summed E-state index contributed by atoms with van der Waals surface area (Å²) in [5.41, 5.74) is 9.37. The van der Waals surface area contributed by atoms with E-state index in [9.17, 15) is 9.90 Å². The number of amides is 1. The van der Waals surface area contributed by atoms with Crippen molar-refractivity contribution >= 4 is 6.09 Å². The second-order valence-corrected chi connectivity index (χ2v) is 5.06. The first kappa shape index (κ1) is 15.2. The Kier molecular flexibility index (Phi) is 5.43. The van der Waals surface area contributed by atoms with Gasteiger partial charge in [-0.1, -0.05) is 35.4 Å². The van der Waals surface area contributed by atoms with Gasteiger partial charge in [-0.15, -0.1) is 0 Å². The van der Waals surface area contributed by atoms with Crippen molar-refractivity contribution in [2.45, 2.75) is 44.1 Å². The van der Waals surface area contributed by atoms with Crippen molar-refractivity contribution < 1.29 is 14.6 Å². The number of carbonyl (C=O) groups is 1. The van der Waals surface area contributed by atoms with E-state index in [1.54, 1.807) is 0 Å². The standard InChI is InChI=1S/C14H18N4O3/c15-18-17-12-8-11(6-7-13(12)19)16-14(20)21-9-10-4-2-1-3-5-10/h1-5,11-13,19H,6-9H2,(H,16,20). The van der Waals surface area contributed by atoms with Gasteiger partial charge in [0.1, 0.15) is 6.61 Å². The van der Waals surface area contributed by atoms with Crippen LogP contribution in [0.2, 0.25) is 0 Å². The van der Waals surface area contributed by atoms with Gasteiger partial charge in [-0.05, 0) is 30.4 Å². The van der Waals surface area contributed by atoms with Crippen LogP contribution >= 0.6 is 0 Å². The molecule has 0 spiro atoms. The van der Waals surface area contributed by atoms with Gasteiger partial charge >= 0.3 is 6.09 Å². The van der Waals surface area contributed by atoms with Crippen molar-refractivity contribution in [1.29, 1.82) is 0 Å². The van der Waals surface area contributed by atoms with Crippen LogP contribution in [0.4, 0.5) is 4.79 Å². The molecule has 3 unspecified atom stereocenters. The van der Waals surface area contributed by atoms with E-state index < -0.39 is 18.2 Å². The van der Waals surface area contributed by atoms with Gasteiger partial charge in [0.25, 0.3) is 0 Å². The number of carbonyl (C=O) groups excluding carboxylic acids is 1. The number of nitrogens with zero attached hydrogens (tertiary/aromatic N) is 3. The number of hydrogen-bond acceptors (Lipinski definition) is 4. The van der Waals surface area contributed by atoms with Crippen LogP contribution in [0.1, 0.15) is 24.8 Å². The molecule has 1 amide bonds. The highest BCUT2D eigenvalue weighted by Crippen LogP contribution is 2.22. The lowest BCUT2D eigenvalue weighted by Gasteiger charge is -2.30. The first-order chi connectivity index (χ1) is 10.2. The largest absolute Gasteiger partial charge is 0.445 e. The van der Waals surface area contributed by atoms with Crippen LogP contribution in [0.25, 0.3) is 10.4 Å². The average molecular weight is 290 g/mol. The number of azide groups is 1. The lowest BCUT2D eigenvalue weighted by atomic mass is 9.89. The molecule has 2 N–H and O–H groups in total. The molecule has 1 aromatic rings. The molecule has 1 aliphatic rings. The van der Waals surface area contributed by atoms with Gasteiger partial charge in [-0.2, -0.15) is 0 Å². The van der Waals surface area contributed by atoms with Gasteiger partial charge in [-0.25, -0.2) is 4.79 Å². The molecule has 0 bridgehead atoms. The van der Waals surface area contributed by atoms with Crippen LogP contribution in [0.3, 0.4) is 0 Å². The van der Waals surface area contributed by atoms with Crippen LogP contribution < -0.4 is 5.32 Å². The fraction of sp³-hybridized carbons (Fsp3) is 0.500. The lowest BCUT2D eigenvalue weighted by molar-refractivity contribution is 0.0882. The Labute approximate surface area is 122 Å². The van der Waals surface area contributed by atoms with Crippen molar-refractivity contribution in [2.75, 3.05) is 0 Å². The molecule has 0 aliphatic heterocycles. The fourth-order valence-corrected chi connectivity index (χ4v) is 2.38. The number of alkyl carbamates (subject to hydrolysis) is 1. The van der Waals surface area contributed by atoms with Gasteiger partial charge in [0.15, 0.2) is 0 Å². The van der Waals surface area contributed by atoms with E-state index >= 15 is 0 Å². The number of aliphatic hydroxyl groups is 1. The van der Waals surface area contributed by atoms with E-state index in [1.165, 1.54) is 0 Å². The van der Waals surface area contributed by atoms with E-state index in [2.05, 4.69) is 15.3 Å². The highest BCUT2D eigenvalue weighted by molar-refractivity contribution is 5.67. The Morgan fingerprint density at radius 3 is 2.90 bits per heavy atom.